The molecule has 1 N–H and O–H groups in total. The SMILES string of the molecule is CCC.CC[C@@H](O)C[C@@H](CSc1ccccc1)C(C)=O.COC.COC. The van der Waals surface area contributed by atoms with E-state index in [4.69, 9.17) is 0 Å². The molecular weight excluding hydrogens is 348 g/mol. The number of ether oxygens (including phenoxy) is 2. The fraction of sp³-hybridized carbons (Fsp3) is 0.667. The van der Waals surface area contributed by atoms with Gasteiger partial charge < -0.3 is 14.6 Å². The molecule has 0 saturated heterocycles. The van der Waals surface area contributed by atoms with Crippen molar-refractivity contribution in [3.05, 3.63) is 30.3 Å². The molecule has 0 fully saturated rings. The minimum Gasteiger partial charge on any atom is -0.393 e. The zero-order valence-corrected chi connectivity index (χ0v) is 18.8. The maximum absolute atomic E-state index is 11.5. The van der Waals surface area contributed by atoms with Crippen LogP contribution in [0.25, 0.3) is 0 Å². The summed E-state index contributed by atoms with van der Waals surface area (Å²) in [4.78, 5) is 12.7. The highest BCUT2D eigenvalue weighted by molar-refractivity contribution is 7.99. The summed E-state index contributed by atoms with van der Waals surface area (Å²) in [5.74, 6) is 0.868. The van der Waals surface area contributed by atoms with E-state index in [1.54, 1.807) is 47.1 Å². The molecule has 0 saturated carbocycles. The van der Waals surface area contributed by atoms with Crippen LogP contribution in [0.15, 0.2) is 35.2 Å². The molecule has 4 nitrogen and oxygen atoms in total. The Kier molecular flexibility index (Phi) is 27.7. The number of aliphatic hydroxyl groups excluding tert-OH is 1. The topological polar surface area (TPSA) is 55.8 Å². The van der Waals surface area contributed by atoms with Gasteiger partial charge in [0.05, 0.1) is 6.10 Å². The van der Waals surface area contributed by atoms with Crippen molar-refractivity contribution in [2.75, 3.05) is 34.2 Å². The number of rotatable bonds is 7. The Labute approximate surface area is 165 Å². The van der Waals surface area contributed by atoms with Crippen LogP contribution in [0.5, 0.6) is 0 Å². The van der Waals surface area contributed by atoms with Crippen molar-refractivity contribution in [3.8, 4) is 0 Å². The summed E-state index contributed by atoms with van der Waals surface area (Å²) in [5, 5.41) is 9.61. The second-order valence-corrected chi connectivity index (χ2v) is 6.85. The van der Waals surface area contributed by atoms with Crippen molar-refractivity contribution in [1.29, 1.82) is 0 Å². The molecule has 1 aromatic rings. The molecule has 0 spiro atoms. The van der Waals surface area contributed by atoms with Gasteiger partial charge in [0.1, 0.15) is 5.78 Å². The quantitative estimate of drug-likeness (QED) is 0.660. The molecule has 1 rings (SSSR count). The molecule has 0 radical (unpaired) electrons. The van der Waals surface area contributed by atoms with E-state index in [1.807, 2.05) is 37.3 Å². The number of carbonyl (C=O) groups excluding carboxylic acids is 1. The van der Waals surface area contributed by atoms with Crippen LogP contribution in [0, 0.1) is 5.92 Å². The van der Waals surface area contributed by atoms with E-state index in [0.29, 0.717) is 12.8 Å². The summed E-state index contributed by atoms with van der Waals surface area (Å²) in [6.45, 7) is 7.80. The molecule has 0 bridgehead atoms. The molecule has 2 atom stereocenters. The minimum absolute atomic E-state index is 0.0462. The molecule has 0 amide bonds. The average molecular weight is 389 g/mol. The van der Waals surface area contributed by atoms with Crippen molar-refractivity contribution in [2.24, 2.45) is 5.92 Å². The fourth-order valence-corrected chi connectivity index (χ4v) is 2.67. The lowest BCUT2D eigenvalue weighted by atomic mass is 9.98. The van der Waals surface area contributed by atoms with Crippen LogP contribution in [0.4, 0.5) is 0 Å². The van der Waals surface area contributed by atoms with Gasteiger partial charge in [0, 0.05) is 45.0 Å². The number of thioether (sulfide) groups is 1. The van der Waals surface area contributed by atoms with Crippen LogP contribution in [0.1, 0.15) is 47.0 Å². The van der Waals surface area contributed by atoms with Gasteiger partial charge in [-0.2, -0.15) is 0 Å². The molecule has 0 aliphatic carbocycles. The lowest BCUT2D eigenvalue weighted by molar-refractivity contribution is -0.121. The molecule has 1 aromatic carbocycles. The first kappa shape index (κ1) is 29.9. The summed E-state index contributed by atoms with van der Waals surface area (Å²) in [7, 11) is 6.50. The Morgan fingerprint density at radius 2 is 1.46 bits per heavy atom. The van der Waals surface area contributed by atoms with Crippen molar-refractivity contribution in [3.63, 3.8) is 0 Å². The Hall–Kier alpha value is -0.880. The van der Waals surface area contributed by atoms with Crippen LogP contribution >= 0.6 is 11.8 Å². The number of methoxy groups -OCH3 is 2. The van der Waals surface area contributed by atoms with Gasteiger partial charge in [-0.05, 0) is 31.9 Å². The van der Waals surface area contributed by atoms with Gasteiger partial charge in [0.15, 0.2) is 0 Å². The smallest absolute Gasteiger partial charge is 0.133 e. The van der Waals surface area contributed by atoms with Gasteiger partial charge in [-0.3, -0.25) is 4.79 Å². The highest BCUT2D eigenvalue weighted by Crippen LogP contribution is 2.23. The van der Waals surface area contributed by atoms with Crippen molar-refractivity contribution in [2.45, 2.75) is 58.0 Å². The minimum atomic E-state index is -0.361. The van der Waals surface area contributed by atoms with Crippen LogP contribution in [0.2, 0.25) is 0 Å². The van der Waals surface area contributed by atoms with Gasteiger partial charge >= 0.3 is 0 Å². The number of ketones is 1. The maximum atomic E-state index is 11.5. The van der Waals surface area contributed by atoms with Crippen LogP contribution in [-0.2, 0) is 14.3 Å². The highest BCUT2D eigenvalue weighted by Gasteiger charge is 2.18. The zero-order valence-electron chi connectivity index (χ0n) is 18.0. The molecule has 0 heterocycles. The zero-order chi connectivity index (χ0) is 20.8. The number of hydrogen-bond donors (Lipinski definition) is 1. The Morgan fingerprint density at radius 3 is 1.81 bits per heavy atom. The summed E-state index contributed by atoms with van der Waals surface area (Å²) in [6.07, 6.45) is 2.17. The normalized spacial score (nSPS) is 11.4. The van der Waals surface area contributed by atoms with Crippen LogP contribution < -0.4 is 0 Å². The molecule has 26 heavy (non-hydrogen) atoms. The van der Waals surface area contributed by atoms with E-state index in [9.17, 15) is 9.90 Å². The average Bonchev–Trinajstić information content (AvgIpc) is 2.61. The predicted octanol–water partition coefficient (Wildman–Crippen LogP) is 5.09. The van der Waals surface area contributed by atoms with E-state index < -0.39 is 0 Å². The first-order valence-corrected chi connectivity index (χ1v) is 10.0. The van der Waals surface area contributed by atoms with E-state index in [2.05, 4.69) is 23.3 Å². The van der Waals surface area contributed by atoms with Crippen LogP contribution in [-0.4, -0.2) is 51.2 Å². The molecular formula is C21H40O4S. The molecule has 0 aliphatic rings. The molecule has 5 heteroatoms. The molecule has 0 aliphatic heterocycles. The second-order valence-electron chi connectivity index (χ2n) is 5.75. The third kappa shape index (κ3) is 23.1. The van der Waals surface area contributed by atoms with E-state index >= 15 is 0 Å². The summed E-state index contributed by atoms with van der Waals surface area (Å²) >= 11 is 1.68. The van der Waals surface area contributed by atoms with E-state index in [0.717, 1.165) is 5.75 Å². The first-order valence-electron chi connectivity index (χ1n) is 9.04. The number of carbonyl (C=O) groups is 1. The molecule has 154 valence electrons. The van der Waals surface area contributed by atoms with E-state index in [1.165, 1.54) is 11.3 Å². The van der Waals surface area contributed by atoms with Crippen LogP contribution in [0.3, 0.4) is 0 Å². The Balaban J connectivity index is -0.000000494. The number of Topliss-reactive ketones (excluding diaryl/α,β-unsaturated/α-hetero) is 1. The Bertz CT molecular complexity index is 380. The van der Waals surface area contributed by atoms with Gasteiger partial charge in [-0.25, -0.2) is 0 Å². The van der Waals surface area contributed by atoms with Gasteiger partial charge in [0.25, 0.3) is 0 Å². The third-order valence-corrected chi connectivity index (χ3v) is 3.97. The summed E-state index contributed by atoms with van der Waals surface area (Å²) in [6, 6.07) is 10.0. The predicted molar refractivity (Wildman–Crippen MR) is 114 cm³/mol. The van der Waals surface area contributed by atoms with Crippen molar-refractivity contribution in [1.82, 2.24) is 0 Å². The second kappa shape index (κ2) is 24.1. The van der Waals surface area contributed by atoms with Crippen molar-refractivity contribution >= 4 is 17.5 Å². The maximum Gasteiger partial charge on any atom is 0.133 e. The monoisotopic (exact) mass is 388 g/mol. The third-order valence-electron chi connectivity index (χ3n) is 2.80. The van der Waals surface area contributed by atoms with Crippen molar-refractivity contribution < 1.29 is 19.4 Å². The van der Waals surface area contributed by atoms with Gasteiger partial charge in [-0.1, -0.05) is 45.4 Å². The number of benzene rings is 1. The number of hydrogen-bond acceptors (Lipinski definition) is 5. The molecule has 0 unspecified atom stereocenters. The standard InChI is InChI=1S/C14H20O2S.C3H8.2C2H6O/c1-3-13(16)9-12(11(2)15)10-17-14-7-5-4-6-8-14;3*1-3-2/h4-8,12-13,16H,3,9-10H2,1-2H3;3H2,1-2H3;2*1-2H3/t12-,13+;;;/m0.../s1. The van der Waals surface area contributed by atoms with Gasteiger partial charge in [0.2, 0.25) is 0 Å². The largest absolute Gasteiger partial charge is 0.393 e. The number of aliphatic hydroxyl groups is 1. The van der Waals surface area contributed by atoms with Gasteiger partial charge in [-0.15, -0.1) is 11.8 Å². The lowest BCUT2D eigenvalue weighted by Gasteiger charge is -2.16. The lowest BCUT2D eigenvalue weighted by Crippen LogP contribution is -2.20. The Morgan fingerprint density at radius 1 is 1.04 bits per heavy atom. The fourth-order valence-electron chi connectivity index (χ4n) is 1.56. The first-order chi connectivity index (χ1) is 12.4. The summed E-state index contributed by atoms with van der Waals surface area (Å²) in [5.41, 5.74) is 0. The summed E-state index contributed by atoms with van der Waals surface area (Å²) < 4.78 is 8.50. The highest BCUT2D eigenvalue weighted by atomic mass is 32.2. The molecule has 0 aromatic heterocycles. The van der Waals surface area contributed by atoms with E-state index in [-0.39, 0.29) is 17.8 Å².